The molecule has 0 aliphatic carbocycles. The number of β-amino-alcohol motifs (C(OH)–C–C–N with tert-alkyl or cyclic N) is 1. The smallest absolute Gasteiger partial charge is 0.123 e. The molecule has 1 saturated heterocycles. The number of hydrogen-bond donors (Lipinski definition) is 2. The maximum Gasteiger partial charge on any atom is 0.123 e. The lowest BCUT2D eigenvalue weighted by atomic mass is 10.0. The summed E-state index contributed by atoms with van der Waals surface area (Å²) < 4.78 is 5.43. The van der Waals surface area contributed by atoms with Gasteiger partial charge in [-0.05, 0) is 25.6 Å². The Morgan fingerprint density at radius 2 is 2.04 bits per heavy atom. The van der Waals surface area contributed by atoms with Crippen molar-refractivity contribution in [2.45, 2.75) is 39.0 Å². The van der Waals surface area contributed by atoms with Gasteiger partial charge in [0.05, 0.1) is 13.2 Å². The number of ether oxygens (including phenoxy) is 1. The summed E-state index contributed by atoms with van der Waals surface area (Å²) in [5, 5.41) is 14.0. The molecule has 2 rings (SSSR count). The summed E-state index contributed by atoms with van der Waals surface area (Å²) in [6.07, 6.45) is 0.666. The number of aliphatic hydroxyl groups excluding tert-OH is 1. The van der Waals surface area contributed by atoms with E-state index in [-0.39, 0.29) is 12.1 Å². The van der Waals surface area contributed by atoms with Crippen LogP contribution in [0.4, 0.5) is 0 Å². The van der Waals surface area contributed by atoms with Crippen LogP contribution in [0.25, 0.3) is 0 Å². The lowest BCUT2D eigenvalue weighted by Crippen LogP contribution is -2.53. The van der Waals surface area contributed by atoms with E-state index in [1.54, 1.807) is 7.11 Å². The van der Waals surface area contributed by atoms with E-state index in [1.807, 2.05) is 18.2 Å². The quantitative estimate of drug-likeness (QED) is 0.717. The van der Waals surface area contributed by atoms with Crippen LogP contribution in [0.5, 0.6) is 5.75 Å². The zero-order valence-electron chi connectivity index (χ0n) is 15.4. The lowest BCUT2D eigenvalue weighted by Gasteiger charge is -2.37. The van der Waals surface area contributed by atoms with Crippen LogP contribution in [-0.2, 0) is 6.54 Å². The first-order valence-electron chi connectivity index (χ1n) is 9.16. The van der Waals surface area contributed by atoms with Crippen LogP contribution in [0.3, 0.4) is 0 Å². The molecule has 1 aromatic rings. The summed E-state index contributed by atoms with van der Waals surface area (Å²) in [4.78, 5) is 4.71. The van der Waals surface area contributed by atoms with Gasteiger partial charge in [0.1, 0.15) is 5.75 Å². The number of para-hydroxylation sites is 1. The van der Waals surface area contributed by atoms with Crippen molar-refractivity contribution in [1.29, 1.82) is 0 Å². The number of hydrogen-bond acceptors (Lipinski definition) is 5. The molecule has 0 radical (unpaired) electrons. The fourth-order valence-corrected chi connectivity index (χ4v) is 3.40. The molecule has 0 aromatic heterocycles. The monoisotopic (exact) mass is 335 g/mol. The van der Waals surface area contributed by atoms with Crippen molar-refractivity contribution in [1.82, 2.24) is 15.1 Å². The fraction of sp³-hybridized carbons (Fsp3) is 0.684. The predicted molar refractivity (Wildman–Crippen MR) is 98.5 cm³/mol. The number of likely N-dealkylation sites (N-methyl/N-ethyl adjacent to an activating group) is 1. The zero-order valence-corrected chi connectivity index (χ0v) is 15.4. The maximum absolute atomic E-state index is 10.5. The van der Waals surface area contributed by atoms with Gasteiger partial charge in [-0.25, -0.2) is 0 Å². The van der Waals surface area contributed by atoms with Gasteiger partial charge >= 0.3 is 0 Å². The summed E-state index contributed by atoms with van der Waals surface area (Å²) >= 11 is 0. The van der Waals surface area contributed by atoms with E-state index in [0.717, 1.165) is 51.4 Å². The van der Waals surface area contributed by atoms with Crippen LogP contribution in [-0.4, -0.2) is 73.4 Å². The average Bonchev–Trinajstić information content (AvgIpc) is 2.61. The number of likely N-dealkylation sites (tertiary alicyclic amines) is 1. The van der Waals surface area contributed by atoms with Crippen molar-refractivity contribution in [3.8, 4) is 5.75 Å². The molecule has 1 aliphatic heterocycles. The topological polar surface area (TPSA) is 48.0 Å². The third-order valence-electron chi connectivity index (χ3n) is 4.98. The lowest BCUT2D eigenvalue weighted by molar-refractivity contribution is 0.0361. The van der Waals surface area contributed by atoms with Crippen molar-refractivity contribution in [3.05, 3.63) is 29.8 Å². The normalized spacial score (nSPS) is 22.0. The summed E-state index contributed by atoms with van der Waals surface area (Å²) in [7, 11) is 1.71. The third kappa shape index (κ3) is 5.45. The second-order valence-electron chi connectivity index (χ2n) is 6.49. The Hall–Kier alpha value is -1.14. The Kier molecular flexibility index (Phi) is 7.99. The third-order valence-corrected chi connectivity index (χ3v) is 4.98. The largest absolute Gasteiger partial charge is 0.496 e. The SMILES string of the molecule is CCN(CC)CCN[C@@H]1CCN(Cc2ccccc2OC)C[C@H]1O. The second-order valence-corrected chi connectivity index (χ2v) is 6.49. The minimum atomic E-state index is -0.315. The van der Waals surface area contributed by atoms with E-state index in [2.05, 4.69) is 35.0 Å². The summed E-state index contributed by atoms with van der Waals surface area (Å²) in [5.41, 5.74) is 1.18. The minimum absolute atomic E-state index is 0.203. The molecule has 136 valence electrons. The molecule has 2 N–H and O–H groups in total. The van der Waals surface area contributed by atoms with Gasteiger partial charge in [-0.2, -0.15) is 0 Å². The molecule has 24 heavy (non-hydrogen) atoms. The average molecular weight is 335 g/mol. The Balaban J connectivity index is 1.78. The van der Waals surface area contributed by atoms with Gasteiger partial charge in [-0.3, -0.25) is 4.90 Å². The molecule has 5 nitrogen and oxygen atoms in total. The van der Waals surface area contributed by atoms with Gasteiger partial charge in [0.15, 0.2) is 0 Å². The zero-order chi connectivity index (χ0) is 17.4. The van der Waals surface area contributed by atoms with E-state index in [9.17, 15) is 5.11 Å². The van der Waals surface area contributed by atoms with Crippen LogP contribution in [0.1, 0.15) is 25.8 Å². The van der Waals surface area contributed by atoms with E-state index in [1.165, 1.54) is 5.56 Å². The van der Waals surface area contributed by atoms with Crippen molar-refractivity contribution < 1.29 is 9.84 Å². The van der Waals surface area contributed by atoms with Gasteiger partial charge in [0.25, 0.3) is 0 Å². The molecule has 1 aromatic carbocycles. The van der Waals surface area contributed by atoms with Crippen LogP contribution < -0.4 is 10.1 Å². The minimum Gasteiger partial charge on any atom is -0.496 e. The van der Waals surface area contributed by atoms with Gasteiger partial charge in [-0.1, -0.05) is 32.0 Å². The molecular formula is C19H33N3O2. The van der Waals surface area contributed by atoms with Gasteiger partial charge in [-0.15, -0.1) is 0 Å². The first-order chi connectivity index (χ1) is 11.7. The molecule has 1 aliphatic rings. The number of aliphatic hydroxyl groups is 1. The highest BCUT2D eigenvalue weighted by atomic mass is 16.5. The van der Waals surface area contributed by atoms with Crippen LogP contribution in [0.15, 0.2) is 24.3 Å². The highest BCUT2D eigenvalue weighted by Gasteiger charge is 2.27. The second kappa shape index (κ2) is 9.99. The highest BCUT2D eigenvalue weighted by molar-refractivity contribution is 5.33. The Bertz CT molecular complexity index is 479. The van der Waals surface area contributed by atoms with E-state index >= 15 is 0 Å². The van der Waals surface area contributed by atoms with Crippen LogP contribution in [0.2, 0.25) is 0 Å². The molecule has 1 fully saturated rings. The summed E-state index contributed by atoms with van der Waals surface area (Å²) in [6.45, 7) is 11.1. The van der Waals surface area contributed by atoms with Crippen molar-refractivity contribution in [3.63, 3.8) is 0 Å². The van der Waals surface area contributed by atoms with Crippen LogP contribution >= 0.6 is 0 Å². The predicted octanol–water partition coefficient (Wildman–Crippen LogP) is 1.56. The number of nitrogens with one attached hydrogen (secondary N) is 1. The molecule has 0 amide bonds. The first kappa shape index (κ1) is 19.2. The fourth-order valence-electron chi connectivity index (χ4n) is 3.40. The molecule has 0 saturated carbocycles. The molecule has 0 unspecified atom stereocenters. The summed E-state index contributed by atoms with van der Waals surface area (Å²) in [5.74, 6) is 0.923. The van der Waals surface area contributed by atoms with E-state index < -0.39 is 0 Å². The van der Waals surface area contributed by atoms with Crippen molar-refractivity contribution in [2.24, 2.45) is 0 Å². The highest BCUT2D eigenvalue weighted by Crippen LogP contribution is 2.21. The molecule has 5 heteroatoms. The number of rotatable bonds is 9. The van der Waals surface area contributed by atoms with Crippen LogP contribution in [0, 0.1) is 0 Å². The number of benzene rings is 1. The molecular weight excluding hydrogens is 302 g/mol. The van der Waals surface area contributed by atoms with Gasteiger partial charge in [0, 0.05) is 44.3 Å². The Morgan fingerprint density at radius 1 is 1.29 bits per heavy atom. The van der Waals surface area contributed by atoms with Crippen molar-refractivity contribution >= 4 is 0 Å². The number of piperidine rings is 1. The number of nitrogens with zero attached hydrogens (tertiary/aromatic N) is 2. The van der Waals surface area contributed by atoms with E-state index in [4.69, 9.17) is 4.74 Å². The molecule has 2 atom stereocenters. The molecule has 1 heterocycles. The molecule has 0 spiro atoms. The van der Waals surface area contributed by atoms with E-state index in [0.29, 0.717) is 6.54 Å². The molecule has 0 bridgehead atoms. The van der Waals surface area contributed by atoms with Crippen molar-refractivity contribution in [2.75, 3.05) is 46.4 Å². The summed E-state index contributed by atoms with van der Waals surface area (Å²) in [6, 6.07) is 8.32. The first-order valence-corrected chi connectivity index (χ1v) is 9.16. The maximum atomic E-state index is 10.5. The standard InChI is InChI=1S/C19H33N3O2/c1-4-21(5-2)13-11-20-17-10-12-22(15-18(17)23)14-16-8-6-7-9-19(16)24-3/h6-9,17-18,20,23H,4-5,10-15H2,1-3H3/t17-,18-/m1/s1. The van der Waals surface area contributed by atoms with Gasteiger partial charge < -0.3 is 20.1 Å². The number of methoxy groups -OCH3 is 1. The Labute approximate surface area is 146 Å². The van der Waals surface area contributed by atoms with Gasteiger partial charge in [0.2, 0.25) is 0 Å². The Morgan fingerprint density at radius 3 is 2.71 bits per heavy atom.